The standard InChI is InChI=1S/C11H18OS/c1-10(2)6-8-4-3-5-11(12,7-8)9(10)13/h8,12H,3-7H2,1-2H3. The Balaban J connectivity index is 2.31. The van der Waals surface area contributed by atoms with Gasteiger partial charge in [-0.25, -0.2) is 0 Å². The van der Waals surface area contributed by atoms with Crippen molar-refractivity contribution in [2.45, 2.75) is 51.6 Å². The van der Waals surface area contributed by atoms with Gasteiger partial charge in [0.2, 0.25) is 0 Å². The topological polar surface area (TPSA) is 20.2 Å². The Morgan fingerprint density at radius 2 is 2.08 bits per heavy atom. The van der Waals surface area contributed by atoms with Gasteiger partial charge in [-0.15, -0.1) is 0 Å². The van der Waals surface area contributed by atoms with Crippen LogP contribution >= 0.6 is 12.2 Å². The molecule has 74 valence electrons. The Kier molecular flexibility index (Phi) is 2.04. The molecule has 2 unspecified atom stereocenters. The molecule has 0 aliphatic heterocycles. The third-order valence-electron chi connectivity index (χ3n) is 3.67. The monoisotopic (exact) mass is 198 g/mol. The third kappa shape index (κ3) is 1.44. The molecule has 0 radical (unpaired) electrons. The number of fused-ring (bicyclic) bond motifs is 2. The highest BCUT2D eigenvalue weighted by molar-refractivity contribution is 7.80. The second kappa shape index (κ2) is 2.77. The molecule has 2 fully saturated rings. The van der Waals surface area contributed by atoms with Gasteiger partial charge in [0.05, 0.1) is 5.60 Å². The summed E-state index contributed by atoms with van der Waals surface area (Å²) in [6, 6.07) is 0. The van der Waals surface area contributed by atoms with Gasteiger partial charge < -0.3 is 5.11 Å². The second-order valence-electron chi connectivity index (χ2n) is 5.41. The van der Waals surface area contributed by atoms with Gasteiger partial charge in [0.1, 0.15) is 0 Å². The minimum absolute atomic E-state index is 0.0768. The van der Waals surface area contributed by atoms with Crippen molar-refractivity contribution in [1.82, 2.24) is 0 Å². The molecule has 0 saturated heterocycles. The van der Waals surface area contributed by atoms with Crippen molar-refractivity contribution in [3.8, 4) is 0 Å². The van der Waals surface area contributed by atoms with E-state index in [4.69, 9.17) is 12.2 Å². The van der Waals surface area contributed by atoms with E-state index in [0.29, 0.717) is 5.92 Å². The molecule has 13 heavy (non-hydrogen) atoms. The highest BCUT2D eigenvalue weighted by atomic mass is 32.1. The molecule has 0 amide bonds. The van der Waals surface area contributed by atoms with Crippen molar-refractivity contribution in [1.29, 1.82) is 0 Å². The van der Waals surface area contributed by atoms with Crippen LogP contribution in [0.3, 0.4) is 0 Å². The van der Waals surface area contributed by atoms with Crippen LogP contribution in [0.1, 0.15) is 46.0 Å². The van der Waals surface area contributed by atoms with Crippen LogP contribution in [0.2, 0.25) is 0 Å². The number of hydrogen-bond donors (Lipinski definition) is 1. The predicted octanol–water partition coefficient (Wildman–Crippen LogP) is 2.71. The van der Waals surface area contributed by atoms with Crippen molar-refractivity contribution < 1.29 is 5.11 Å². The van der Waals surface area contributed by atoms with Crippen molar-refractivity contribution in [2.24, 2.45) is 11.3 Å². The average molecular weight is 198 g/mol. The zero-order valence-corrected chi connectivity index (χ0v) is 9.28. The Labute approximate surface area is 85.5 Å². The van der Waals surface area contributed by atoms with E-state index in [1.54, 1.807) is 0 Å². The van der Waals surface area contributed by atoms with Gasteiger partial charge >= 0.3 is 0 Å². The molecule has 1 nitrogen and oxygen atoms in total. The van der Waals surface area contributed by atoms with Crippen molar-refractivity contribution in [2.75, 3.05) is 0 Å². The molecule has 0 aromatic heterocycles. The summed E-state index contributed by atoms with van der Waals surface area (Å²) in [6.45, 7) is 4.36. The van der Waals surface area contributed by atoms with Crippen molar-refractivity contribution >= 4 is 17.1 Å². The fourth-order valence-electron chi connectivity index (χ4n) is 3.19. The van der Waals surface area contributed by atoms with Gasteiger partial charge in [0, 0.05) is 4.86 Å². The lowest BCUT2D eigenvalue weighted by atomic mass is 9.60. The van der Waals surface area contributed by atoms with Gasteiger partial charge in [0.15, 0.2) is 0 Å². The van der Waals surface area contributed by atoms with Crippen molar-refractivity contribution in [3.05, 3.63) is 0 Å². The van der Waals surface area contributed by atoms with Crippen LogP contribution < -0.4 is 0 Å². The van der Waals surface area contributed by atoms with E-state index >= 15 is 0 Å². The van der Waals surface area contributed by atoms with Crippen LogP contribution in [0.4, 0.5) is 0 Å². The maximum absolute atomic E-state index is 10.4. The quantitative estimate of drug-likeness (QED) is 0.604. The first-order valence-electron chi connectivity index (χ1n) is 5.21. The summed E-state index contributed by atoms with van der Waals surface area (Å²) in [5.74, 6) is 0.709. The molecule has 2 heteroatoms. The molecular weight excluding hydrogens is 180 g/mol. The first kappa shape index (κ1) is 9.60. The van der Waals surface area contributed by atoms with Gasteiger partial charge in [-0.2, -0.15) is 0 Å². The van der Waals surface area contributed by atoms with Crippen LogP contribution in [-0.4, -0.2) is 15.6 Å². The Morgan fingerprint density at radius 3 is 2.77 bits per heavy atom. The Morgan fingerprint density at radius 1 is 1.38 bits per heavy atom. The summed E-state index contributed by atoms with van der Waals surface area (Å²) in [7, 11) is 0. The van der Waals surface area contributed by atoms with E-state index in [-0.39, 0.29) is 5.41 Å². The fraction of sp³-hybridized carbons (Fsp3) is 0.909. The highest BCUT2D eigenvalue weighted by Crippen LogP contribution is 2.48. The summed E-state index contributed by atoms with van der Waals surface area (Å²) in [5, 5.41) is 10.4. The fourth-order valence-corrected chi connectivity index (χ4v) is 3.46. The van der Waals surface area contributed by atoms with E-state index in [2.05, 4.69) is 13.8 Å². The Bertz CT molecular complexity index is 244. The van der Waals surface area contributed by atoms with E-state index in [1.807, 2.05) is 0 Å². The third-order valence-corrected chi connectivity index (χ3v) is 4.60. The molecule has 2 bridgehead atoms. The van der Waals surface area contributed by atoms with Gasteiger partial charge in [-0.3, -0.25) is 0 Å². The molecule has 0 aromatic rings. The minimum atomic E-state index is -0.597. The van der Waals surface area contributed by atoms with Crippen LogP contribution in [0.15, 0.2) is 0 Å². The number of thiocarbonyl (C=S) groups is 1. The summed E-state index contributed by atoms with van der Waals surface area (Å²) in [4.78, 5) is 0.913. The van der Waals surface area contributed by atoms with Crippen LogP contribution in [0.25, 0.3) is 0 Å². The molecule has 2 aliphatic rings. The number of hydrogen-bond acceptors (Lipinski definition) is 2. The van der Waals surface area contributed by atoms with Crippen molar-refractivity contribution in [3.63, 3.8) is 0 Å². The number of aliphatic hydroxyl groups is 1. The normalized spacial score (nSPS) is 43.3. The van der Waals surface area contributed by atoms with E-state index in [0.717, 1.165) is 24.1 Å². The van der Waals surface area contributed by atoms with Gasteiger partial charge in [-0.05, 0) is 37.0 Å². The lowest BCUT2D eigenvalue weighted by Crippen LogP contribution is -2.53. The molecule has 0 heterocycles. The zero-order valence-electron chi connectivity index (χ0n) is 8.47. The van der Waals surface area contributed by atoms with Gasteiger partial charge in [-0.1, -0.05) is 32.5 Å². The summed E-state index contributed by atoms with van der Waals surface area (Å²) in [5.41, 5.74) is -0.520. The average Bonchev–Trinajstić information content (AvgIpc) is 2.00. The molecule has 2 saturated carbocycles. The number of rotatable bonds is 0. The van der Waals surface area contributed by atoms with E-state index < -0.39 is 5.60 Å². The zero-order chi connectivity index (χ0) is 9.69. The second-order valence-corrected chi connectivity index (χ2v) is 5.82. The van der Waals surface area contributed by atoms with Crippen LogP contribution in [-0.2, 0) is 0 Å². The maximum Gasteiger partial charge on any atom is 0.0966 e. The maximum atomic E-state index is 10.4. The summed E-state index contributed by atoms with van der Waals surface area (Å²) < 4.78 is 0. The molecule has 2 atom stereocenters. The van der Waals surface area contributed by atoms with Crippen LogP contribution in [0.5, 0.6) is 0 Å². The molecule has 2 aliphatic carbocycles. The first-order chi connectivity index (χ1) is 5.94. The predicted molar refractivity (Wildman–Crippen MR) is 57.9 cm³/mol. The summed E-state index contributed by atoms with van der Waals surface area (Å²) >= 11 is 5.41. The molecular formula is C11H18OS. The summed E-state index contributed by atoms with van der Waals surface area (Å²) in [6.07, 6.45) is 5.43. The smallest absolute Gasteiger partial charge is 0.0966 e. The molecule has 2 rings (SSSR count). The van der Waals surface area contributed by atoms with Gasteiger partial charge in [0.25, 0.3) is 0 Å². The lowest BCUT2D eigenvalue weighted by molar-refractivity contribution is 0.0133. The highest BCUT2D eigenvalue weighted by Gasteiger charge is 2.49. The van der Waals surface area contributed by atoms with E-state index in [1.165, 1.54) is 12.8 Å². The molecule has 0 spiro atoms. The SMILES string of the molecule is CC1(C)CC2CCCC(O)(C2)C1=S. The van der Waals surface area contributed by atoms with Crippen LogP contribution in [0, 0.1) is 11.3 Å². The minimum Gasteiger partial charge on any atom is -0.385 e. The first-order valence-corrected chi connectivity index (χ1v) is 5.62. The van der Waals surface area contributed by atoms with E-state index in [9.17, 15) is 5.11 Å². The molecule has 0 aromatic carbocycles. The lowest BCUT2D eigenvalue weighted by Gasteiger charge is -2.49. The largest absolute Gasteiger partial charge is 0.385 e. The Hall–Kier alpha value is 0.0500. The molecule has 1 N–H and O–H groups in total.